The van der Waals surface area contributed by atoms with E-state index in [4.69, 9.17) is 9.47 Å². The molecule has 3 rings (SSSR count). The van der Waals surface area contributed by atoms with Gasteiger partial charge < -0.3 is 14.8 Å². The van der Waals surface area contributed by atoms with E-state index in [0.717, 1.165) is 6.42 Å². The van der Waals surface area contributed by atoms with E-state index in [1.807, 2.05) is 24.3 Å². The number of ether oxygens (including phenoxy) is 2. The van der Waals surface area contributed by atoms with Crippen LogP contribution in [0.5, 0.6) is 11.5 Å². The van der Waals surface area contributed by atoms with Crippen molar-refractivity contribution in [3.8, 4) is 11.5 Å². The largest absolute Gasteiger partial charge is 0.497 e. The average molecular weight is 411 g/mol. The Hall–Kier alpha value is -3.39. The quantitative estimate of drug-likeness (QED) is 0.607. The molecule has 0 spiro atoms. The Morgan fingerprint density at radius 1 is 0.966 bits per heavy atom. The van der Waals surface area contributed by atoms with E-state index in [0.29, 0.717) is 27.9 Å². The molecule has 0 bridgehead atoms. The summed E-state index contributed by atoms with van der Waals surface area (Å²) in [5.41, 5.74) is 2.47. The van der Waals surface area contributed by atoms with Gasteiger partial charge in [-0.25, -0.2) is 4.98 Å². The second kappa shape index (κ2) is 9.20. The molecule has 7 nitrogen and oxygen atoms in total. The van der Waals surface area contributed by atoms with Crippen molar-refractivity contribution in [1.82, 2.24) is 4.98 Å². The molecule has 2 N–H and O–H groups in total. The maximum Gasteiger partial charge on any atom is 0.275 e. The zero-order chi connectivity index (χ0) is 20.8. The maximum atomic E-state index is 12.5. The summed E-state index contributed by atoms with van der Waals surface area (Å²) in [6, 6.07) is 12.5. The molecule has 0 saturated heterocycles. The Labute approximate surface area is 172 Å². The summed E-state index contributed by atoms with van der Waals surface area (Å²) >= 11 is 1.17. The lowest BCUT2D eigenvalue weighted by molar-refractivity contribution is 0.101. The van der Waals surface area contributed by atoms with E-state index in [1.54, 1.807) is 23.6 Å². The Morgan fingerprint density at radius 3 is 2.21 bits per heavy atom. The topological polar surface area (TPSA) is 89.6 Å². The normalized spacial score (nSPS) is 10.3. The molecule has 0 atom stereocenters. The molecule has 29 heavy (non-hydrogen) atoms. The van der Waals surface area contributed by atoms with Crippen LogP contribution in [-0.2, 0) is 6.42 Å². The van der Waals surface area contributed by atoms with Crippen molar-refractivity contribution >= 4 is 34.0 Å². The number of aryl methyl sites for hydroxylation is 1. The first-order valence-corrected chi connectivity index (χ1v) is 9.80. The maximum absolute atomic E-state index is 12.5. The van der Waals surface area contributed by atoms with Gasteiger partial charge in [0.15, 0.2) is 5.13 Å². The van der Waals surface area contributed by atoms with Gasteiger partial charge in [0.1, 0.15) is 17.2 Å². The van der Waals surface area contributed by atoms with Crippen LogP contribution in [-0.4, -0.2) is 31.0 Å². The highest BCUT2D eigenvalue weighted by Crippen LogP contribution is 2.24. The molecule has 0 unspecified atom stereocenters. The number of aromatic nitrogens is 1. The van der Waals surface area contributed by atoms with Crippen LogP contribution < -0.4 is 20.1 Å². The van der Waals surface area contributed by atoms with Gasteiger partial charge in [-0.1, -0.05) is 19.1 Å². The number of hydrogen-bond acceptors (Lipinski definition) is 6. The van der Waals surface area contributed by atoms with E-state index in [2.05, 4.69) is 22.5 Å². The first kappa shape index (κ1) is 20.3. The lowest BCUT2D eigenvalue weighted by atomic mass is 10.1. The number of anilines is 2. The van der Waals surface area contributed by atoms with Crippen LogP contribution in [0.3, 0.4) is 0 Å². The number of methoxy groups -OCH3 is 2. The summed E-state index contributed by atoms with van der Waals surface area (Å²) in [6.45, 7) is 2.07. The number of nitrogens with one attached hydrogen (secondary N) is 2. The monoisotopic (exact) mass is 411 g/mol. The molecule has 0 fully saturated rings. The van der Waals surface area contributed by atoms with E-state index in [9.17, 15) is 9.59 Å². The smallest absolute Gasteiger partial charge is 0.275 e. The number of benzene rings is 2. The lowest BCUT2D eigenvalue weighted by Gasteiger charge is -2.08. The number of amides is 2. The molecule has 0 radical (unpaired) electrons. The third-order valence-electron chi connectivity index (χ3n) is 4.19. The molecule has 0 aliphatic rings. The van der Waals surface area contributed by atoms with Gasteiger partial charge in [-0.3, -0.25) is 14.9 Å². The Kier molecular flexibility index (Phi) is 6.46. The van der Waals surface area contributed by atoms with Gasteiger partial charge in [-0.05, 0) is 36.2 Å². The third-order valence-corrected chi connectivity index (χ3v) is 4.95. The van der Waals surface area contributed by atoms with Crippen molar-refractivity contribution in [3.05, 3.63) is 64.7 Å². The summed E-state index contributed by atoms with van der Waals surface area (Å²) in [4.78, 5) is 29.1. The fraction of sp³-hybridized carbons (Fsp3) is 0.190. The molecule has 2 amide bonds. The SMILES string of the molecule is CCc1ccc(NC(=O)c2csc(NC(=O)c3cc(OC)cc(OC)c3)n2)cc1. The minimum atomic E-state index is -0.376. The standard InChI is InChI=1S/C21H21N3O4S/c1-4-13-5-7-15(8-6-13)22-20(26)18-12-29-21(23-18)24-19(25)14-9-16(27-2)11-17(10-14)28-3/h5-12H,4H2,1-3H3,(H,22,26)(H,23,24,25). The van der Waals surface area contributed by atoms with Crippen molar-refractivity contribution in [2.24, 2.45) is 0 Å². The predicted molar refractivity (Wildman–Crippen MR) is 113 cm³/mol. The summed E-state index contributed by atoms with van der Waals surface area (Å²) in [6.07, 6.45) is 0.933. The van der Waals surface area contributed by atoms with Gasteiger partial charge in [0, 0.05) is 22.7 Å². The molecule has 1 heterocycles. The minimum Gasteiger partial charge on any atom is -0.497 e. The van der Waals surface area contributed by atoms with Crippen molar-refractivity contribution in [3.63, 3.8) is 0 Å². The Morgan fingerprint density at radius 2 is 1.62 bits per heavy atom. The highest BCUT2D eigenvalue weighted by atomic mass is 32.1. The average Bonchev–Trinajstić information content (AvgIpc) is 3.22. The molecule has 0 saturated carbocycles. The van der Waals surface area contributed by atoms with E-state index in [-0.39, 0.29) is 17.5 Å². The van der Waals surface area contributed by atoms with Crippen molar-refractivity contribution < 1.29 is 19.1 Å². The molecule has 3 aromatic rings. The summed E-state index contributed by atoms with van der Waals surface area (Å²) in [5.74, 6) is 0.290. The van der Waals surface area contributed by atoms with Gasteiger partial charge in [0.2, 0.25) is 0 Å². The van der Waals surface area contributed by atoms with Gasteiger partial charge in [0.05, 0.1) is 14.2 Å². The zero-order valence-corrected chi connectivity index (χ0v) is 17.1. The number of carbonyl (C=O) groups is 2. The van der Waals surface area contributed by atoms with Crippen LogP contribution in [0.1, 0.15) is 33.3 Å². The number of thiazole rings is 1. The van der Waals surface area contributed by atoms with Gasteiger partial charge in [-0.15, -0.1) is 11.3 Å². The van der Waals surface area contributed by atoms with Crippen LogP contribution >= 0.6 is 11.3 Å². The number of rotatable bonds is 7. The second-order valence-corrected chi connectivity index (χ2v) is 6.96. The molecule has 150 valence electrons. The predicted octanol–water partition coefficient (Wildman–Crippen LogP) is 4.23. The van der Waals surface area contributed by atoms with E-state index < -0.39 is 0 Å². The third kappa shape index (κ3) is 5.11. The van der Waals surface area contributed by atoms with Crippen molar-refractivity contribution in [2.45, 2.75) is 13.3 Å². The molecular weight excluding hydrogens is 390 g/mol. The fourth-order valence-electron chi connectivity index (χ4n) is 2.56. The lowest BCUT2D eigenvalue weighted by Crippen LogP contribution is -2.14. The first-order chi connectivity index (χ1) is 14.0. The summed E-state index contributed by atoms with van der Waals surface area (Å²) in [7, 11) is 3.02. The van der Waals surface area contributed by atoms with Crippen LogP contribution in [0, 0.1) is 0 Å². The molecule has 1 aromatic heterocycles. The molecule has 2 aromatic carbocycles. The van der Waals surface area contributed by atoms with Gasteiger partial charge in [-0.2, -0.15) is 0 Å². The molecule has 0 aliphatic carbocycles. The Balaban J connectivity index is 1.67. The van der Waals surface area contributed by atoms with Crippen LogP contribution in [0.25, 0.3) is 0 Å². The number of hydrogen-bond donors (Lipinski definition) is 2. The molecule has 0 aliphatic heterocycles. The van der Waals surface area contributed by atoms with Crippen LogP contribution in [0.2, 0.25) is 0 Å². The van der Waals surface area contributed by atoms with Crippen LogP contribution in [0.4, 0.5) is 10.8 Å². The van der Waals surface area contributed by atoms with Crippen LogP contribution in [0.15, 0.2) is 47.8 Å². The molecular formula is C21H21N3O4S. The summed E-state index contributed by atoms with van der Waals surface area (Å²) in [5, 5.41) is 7.41. The first-order valence-electron chi connectivity index (χ1n) is 8.92. The number of nitrogens with zero attached hydrogens (tertiary/aromatic N) is 1. The van der Waals surface area contributed by atoms with Gasteiger partial charge >= 0.3 is 0 Å². The number of carbonyl (C=O) groups excluding carboxylic acids is 2. The highest BCUT2D eigenvalue weighted by molar-refractivity contribution is 7.14. The van der Waals surface area contributed by atoms with E-state index >= 15 is 0 Å². The zero-order valence-electron chi connectivity index (χ0n) is 16.3. The second-order valence-electron chi connectivity index (χ2n) is 6.10. The van der Waals surface area contributed by atoms with E-state index in [1.165, 1.54) is 31.1 Å². The van der Waals surface area contributed by atoms with Crippen molar-refractivity contribution in [2.75, 3.05) is 24.9 Å². The molecule has 8 heteroatoms. The summed E-state index contributed by atoms with van der Waals surface area (Å²) < 4.78 is 10.4. The highest BCUT2D eigenvalue weighted by Gasteiger charge is 2.15. The Bertz CT molecular complexity index is 993. The van der Waals surface area contributed by atoms with Crippen molar-refractivity contribution in [1.29, 1.82) is 0 Å². The van der Waals surface area contributed by atoms with Gasteiger partial charge in [0.25, 0.3) is 11.8 Å². The minimum absolute atomic E-state index is 0.230. The fourth-order valence-corrected chi connectivity index (χ4v) is 3.25.